The van der Waals surface area contributed by atoms with Crippen LogP contribution in [0.1, 0.15) is 5.56 Å². The molecule has 5 nitrogen and oxygen atoms in total. The molecule has 0 amide bonds. The van der Waals surface area contributed by atoms with Gasteiger partial charge < -0.3 is 19.9 Å². The fourth-order valence-electron chi connectivity index (χ4n) is 1.67. The summed E-state index contributed by atoms with van der Waals surface area (Å²) < 4.78 is 15.9. The Morgan fingerprint density at radius 1 is 0.950 bits per heavy atom. The van der Waals surface area contributed by atoms with Crippen molar-refractivity contribution in [3.8, 4) is 29.1 Å². The molecule has 0 saturated carbocycles. The van der Waals surface area contributed by atoms with E-state index in [-0.39, 0.29) is 0 Å². The van der Waals surface area contributed by atoms with Crippen LogP contribution in [0.15, 0.2) is 36.4 Å². The second kappa shape index (κ2) is 5.85. The Morgan fingerprint density at radius 2 is 1.60 bits per heavy atom. The minimum atomic E-state index is 0.392. The molecule has 0 aromatic heterocycles. The van der Waals surface area contributed by atoms with Crippen molar-refractivity contribution in [3.63, 3.8) is 0 Å². The van der Waals surface area contributed by atoms with Crippen molar-refractivity contribution in [2.45, 2.75) is 0 Å². The van der Waals surface area contributed by atoms with Crippen molar-refractivity contribution in [1.82, 2.24) is 0 Å². The number of nitrogens with two attached hydrogens (primary N) is 1. The number of nitrogen functional groups attached to an aromatic ring is 1. The van der Waals surface area contributed by atoms with Gasteiger partial charge in [0.2, 0.25) is 0 Å². The van der Waals surface area contributed by atoms with E-state index in [0.717, 1.165) is 0 Å². The minimum absolute atomic E-state index is 0.392. The fraction of sp³-hybridized carbons (Fsp3) is 0.133. The number of hydrogen-bond acceptors (Lipinski definition) is 5. The fourth-order valence-corrected chi connectivity index (χ4v) is 1.67. The number of rotatable bonds is 4. The summed E-state index contributed by atoms with van der Waals surface area (Å²) in [5.74, 6) is 2.09. The summed E-state index contributed by atoms with van der Waals surface area (Å²) in [4.78, 5) is 0. The number of ether oxygens (including phenoxy) is 3. The minimum Gasteiger partial charge on any atom is -0.497 e. The molecule has 2 rings (SSSR count). The first-order valence-corrected chi connectivity index (χ1v) is 5.87. The second-order valence-electron chi connectivity index (χ2n) is 3.98. The number of anilines is 1. The zero-order valence-corrected chi connectivity index (χ0v) is 11.2. The smallest absolute Gasteiger partial charge is 0.150 e. The Labute approximate surface area is 117 Å². The van der Waals surface area contributed by atoms with Gasteiger partial charge in [-0.25, -0.2) is 0 Å². The van der Waals surface area contributed by atoms with Gasteiger partial charge in [-0.05, 0) is 24.3 Å². The van der Waals surface area contributed by atoms with Crippen molar-refractivity contribution >= 4 is 5.69 Å². The molecule has 0 aliphatic heterocycles. The zero-order valence-electron chi connectivity index (χ0n) is 11.2. The van der Waals surface area contributed by atoms with Gasteiger partial charge in [-0.3, -0.25) is 0 Å². The maximum Gasteiger partial charge on any atom is 0.150 e. The molecule has 102 valence electrons. The van der Waals surface area contributed by atoms with Crippen LogP contribution in [0.4, 0.5) is 5.69 Å². The van der Waals surface area contributed by atoms with Gasteiger partial charge >= 0.3 is 0 Å². The number of hydrogen-bond donors (Lipinski definition) is 1. The van der Waals surface area contributed by atoms with E-state index in [4.69, 9.17) is 25.2 Å². The molecule has 0 unspecified atom stereocenters. The van der Waals surface area contributed by atoms with E-state index in [1.54, 1.807) is 50.6 Å². The molecule has 2 aromatic carbocycles. The van der Waals surface area contributed by atoms with Gasteiger partial charge in [-0.15, -0.1) is 0 Å². The third-order valence-electron chi connectivity index (χ3n) is 2.75. The van der Waals surface area contributed by atoms with E-state index >= 15 is 0 Å². The van der Waals surface area contributed by atoms with Crippen molar-refractivity contribution < 1.29 is 14.2 Å². The van der Waals surface area contributed by atoms with Crippen LogP contribution in [0.2, 0.25) is 0 Å². The van der Waals surface area contributed by atoms with Crippen LogP contribution in [0, 0.1) is 11.3 Å². The molecular formula is C15H14N2O3. The number of nitrogens with zero attached hydrogens (tertiary/aromatic N) is 1. The predicted octanol–water partition coefficient (Wildman–Crippen LogP) is 2.95. The van der Waals surface area contributed by atoms with Crippen LogP contribution < -0.4 is 19.9 Å². The lowest BCUT2D eigenvalue weighted by Gasteiger charge is -2.11. The maximum atomic E-state index is 9.09. The largest absolute Gasteiger partial charge is 0.497 e. The highest BCUT2D eigenvalue weighted by Crippen LogP contribution is 2.33. The molecule has 0 atom stereocenters. The molecule has 5 heteroatoms. The van der Waals surface area contributed by atoms with Crippen LogP contribution in [0.25, 0.3) is 0 Å². The molecule has 20 heavy (non-hydrogen) atoms. The standard InChI is InChI=1S/C15H14N2O3/c1-18-11-5-6-14(13(17)7-11)20-15-8-12(19-2)4-3-10(15)9-16/h3-8H,17H2,1-2H3. The van der Waals surface area contributed by atoms with E-state index in [1.165, 1.54) is 0 Å². The van der Waals surface area contributed by atoms with Crippen LogP contribution in [-0.4, -0.2) is 14.2 Å². The van der Waals surface area contributed by atoms with Crippen LogP contribution in [0.3, 0.4) is 0 Å². The Kier molecular flexibility index (Phi) is 3.96. The molecule has 0 radical (unpaired) electrons. The third-order valence-corrected chi connectivity index (χ3v) is 2.75. The molecule has 0 spiro atoms. The number of nitriles is 1. The lowest BCUT2D eigenvalue weighted by molar-refractivity contribution is 0.407. The quantitative estimate of drug-likeness (QED) is 0.864. The SMILES string of the molecule is COc1ccc(Oc2cc(OC)ccc2C#N)c(N)c1. The molecule has 0 aliphatic rings. The average molecular weight is 270 g/mol. The Bertz CT molecular complexity index is 663. The monoisotopic (exact) mass is 270 g/mol. The van der Waals surface area contributed by atoms with Crippen LogP contribution in [-0.2, 0) is 0 Å². The first kappa shape index (κ1) is 13.6. The summed E-state index contributed by atoms with van der Waals surface area (Å²) >= 11 is 0. The van der Waals surface area contributed by atoms with Gasteiger partial charge in [-0.1, -0.05) is 0 Å². The van der Waals surface area contributed by atoms with Crippen molar-refractivity contribution in [2.24, 2.45) is 0 Å². The van der Waals surface area contributed by atoms with Gasteiger partial charge in [0.05, 0.1) is 25.5 Å². The highest BCUT2D eigenvalue weighted by atomic mass is 16.5. The normalized spacial score (nSPS) is 9.65. The molecular weight excluding hydrogens is 256 g/mol. The second-order valence-corrected chi connectivity index (χ2v) is 3.98. The topological polar surface area (TPSA) is 77.5 Å². The van der Waals surface area contributed by atoms with Crippen molar-refractivity contribution in [3.05, 3.63) is 42.0 Å². The zero-order chi connectivity index (χ0) is 14.5. The predicted molar refractivity (Wildman–Crippen MR) is 75.2 cm³/mol. The van der Waals surface area contributed by atoms with E-state index in [0.29, 0.717) is 34.2 Å². The van der Waals surface area contributed by atoms with Gasteiger partial charge in [0.25, 0.3) is 0 Å². The summed E-state index contributed by atoms with van der Waals surface area (Å²) in [6, 6.07) is 12.1. The number of methoxy groups -OCH3 is 2. The third kappa shape index (κ3) is 2.75. The van der Waals surface area contributed by atoms with Crippen molar-refractivity contribution in [1.29, 1.82) is 5.26 Å². The first-order valence-electron chi connectivity index (χ1n) is 5.87. The summed E-state index contributed by atoms with van der Waals surface area (Å²) in [5, 5.41) is 9.09. The molecule has 0 aliphatic carbocycles. The highest BCUT2D eigenvalue weighted by Gasteiger charge is 2.09. The summed E-state index contributed by atoms with van der Waals surface area (Å²) in [6.45, 7) is 0. The van der Waals surface area contributed by atoms with Gasteiger partial charge in [0.15, 0.2) is 5.75 Å². The average Bonchev–Trinajstić information content (AvgIpc) is 2.49. The number of benzene rings is 2. The lowest BCUT2D eigenvalue weighted by Crippen LogP contribution is -1.95. The maximum absolute atomic E-state index is 9.09. The molecule has 0 heterocycles. The Balaban J connectivity index is 2.36. The molecule has 0 fully saturated rings. The van der Waals surface area contributed by atoms with E-state index in [1.807, 2.05) is 0 Å². The van der Waals surface area contributed by atoms with Crippen LogP contribution in [0.5, 0.6) is 23.0 Å². The molecule has 0 bridgehead atoms. The molecule has 2 aromatic rings. The summed E-state index contributed by atoms with van der Waals surface area (Å²) in [6.07, 6.45) is 0. The van der Waals surface area contributed by atoms with E-state index in [9.17, 15) is 0 Å². The van der Waals surface area contributed by atoms with E-state index in [2.05, 4.69) is 6.07 Å². The highest BCUT2D eigenvalue weighted by molar-refractivity contribution is 5.59. The Morgan fingerprint density at radius 3 is 2.20 bits per heavy atom. The molecule has 0 saturated heterocycles. The van der Waals surface area contributed by atoms with Gasteiger partial charge in [0, 0.05) is 12.1 Å². The van der Waals surface area contributed by atoms with Gasteiger partial charge in [0.1, 0.15) is 23.3 Å². The Hall–Kier alpha value is -2.87. The van der Waals surface area contributed by atoms with E-state index < -0.39 is 0 Å². The van der Waals surface area contributed by atoms with Gasteiger partial charge in [-0.2, -0.15) is 5.26 Å². The van der Waals surface area contributed by atoms with Crippen molar-refractivity contribution in [2.75, 3.05) is 20.0 Å². The summed E-state index contributed by atoms with van der Waals surface area (Å²) in [7, 11) is 3.11. The molecule has 2 N–H and O–H groups in total. The lowest BCUT2D eigenvalue weighted by atomic mass is 10.2. The van der Waals surface area contributed by atoms with Crippen LogP contribution >= 0.6 is 0 Å². The summed E-state index contributed by atoms with van der Waals surface area (Å²) in [5.41, 5.74) is 6.72. The first-order chi connectivity index (χ1) is 9.67.